The van der Waals surface area contributed by atoms with Gasteiger partial charge in [0.05, 0.1) is 0 Å². The lowest BCUT2D eigenvalue weighted by Crippen LogP contribution is -2.44. The molecule has 2 N–H and O–H groups in total. The Balaban J connectivity index is 0.00000225. The number of aryl methyl sites for hydroxylation is 1. The van der Waals surface area contributed by atoms with Crippen LogP contribution in [0.5, 0.6) is 0 Å². The Kier molecular flexibility index (Phi) is 8.49. The highest BCUT2D eigenvalue weighted by atomic mass is 127. The second-order valence-electron chi connectivity index (χ2n) is 7.40. The van der Waals surface area contributed by atoms with Gasteiger partial charge in [-0.15, -0.1) is 24.0 Å². The molecule has 0 bridgehead atoms. The van der Waals surface area contributed by atoms with Gasteiger partial charge in [0.25, 0.3) is 0 Å². The van der Waals surface area contributed by atoms with Gasteiger partial charge in [-0.2, -0.15) is 0 Å². The normalized spacial score (nSPS) is 22.3. The Morgan fingerprint density at radius 3 is 2.68 bits per heavy atom. The van der Waals surface area contributed by atoms with E-state index in [9.17, 15) is 0 Å². The fourth-order valence-corrected chi connectivity index (χ4v) is 3.57. The van der Waals surface area contributed by atoms with Crippen LogP contribution in [-0.2, 0) is 6.42 Å². The molecule has 0 radical (unpaired) electrons. The molecule has 0 aromatic heterocycles. The molecular weight excluding hydrogens is 423 g/mol. The number of guanidine groups is 1. The minimum atomic E-state index is 0. The van der Waals surface area contributed by atoms with Gasteiger partial charge in [-0.05, 0) is 57.1 Å². The third-order valence-corrected chi connectivity index (χ3v) is 5.25. The van der Waals surface area contributed by atoms with Crippen molar-refractivity contribution in [2.24, 2.45) is 10.9 Å². The number of rotatable bonds is 7. The number of hydrogen-bond donors (Lipinski definition) is 2. The van der Waals surface area contributed by atoms with Crippen LogP contribution in [-0.4, -0.2) is 49.6 Å². The Morgan fingerprint density at radius 2 is 2.00 bits per heavy atom. The lowest BCUT2D eigenvalue weighted by Gasteiger charge is -2.20. The standard InChI is InChI=1S/C20H32N4.HI/c1-16(8-9-17-6-4-3-5-7-17)23-20(21-2)22-14-18-12-13-24(15-18)19-10-11-19;/h3-7,16,18-19H,8-15H2,1-2H3,(H2,21,22,23);1H. The van der Waals surface area contributed by atoms with Crippen LogP contribution in [0.15, 0.2) is 35.3 Å². The van der Waals surface area contributed by atoms with Crippen molar-refractivity contribution in [3.63, 3.8) is 0 Å². The van der Waals surface area contributed by atoms with Crippen molar-refractivity contribution in [3.8, 4) is 0 Å². The third kappa shape index (κ3) is 6.77. The minimum absolute atomic E-state index is 0. The van der Waals surface area contributed by atoms with Gasteiger partial charge in [-0.25, -0.2) is 0 Å². The van der Waals surface area contributed by atoms with E-state index in [0.717, 1.165) is 37.3 Å². The molecule has 5 heteroatoms. The SMILES string of the molecule is CN=C(NCC1CCN(C2CC2)C1)NC(C)CCc1ccccc1.I. The van der Waals surface area contributed by atoms with E-state index < -0.39 is 0 Å². The van der Waals surface area contributed by atoms with E-state index in [4.69, 9.17) is 0 Å². The highest BCUT2D eigenvalue weighted by Crippen LogP contribution is 2.31. The van der Waals surface area contributed by atoms with Crippen LogP contribution in [0.1, 0.15) is 38.2 Å². The van der Waals surface area contributed by atoms with Crippen LogP contribution in [0.25, 0.3) is 0 Å². The van der Waals surface area contributed by atoms with Gasteiger partial charge in [0, 0.05) is 32.2 Å². The van der Waals surface area contributed by atoms with E-state index in [-0.39, 0.29) is 24.0 Å². The van der Waals surface area contributed by atoms with Crippen molar-refractivity contribution in [1.82, 2.24) is 15.5 Å². The first-order chi connectivity index (χ1) is 11.7. The van der Waals surface area contributed by atoms with Crippen molar-refractivity contribution in [2.45, 2.75) is 51.1 Å². The Labute approximate surface area is 169 Å². The molecule has 1 saturated heterocycles. The summed E-state index contributed by atoms with van der Waals surface area (Å²) < 4.78 is 0. The maximum absolute atomic E-state index is 4.39. The summed E-state index contributed by atoms with van der Waals surface area (Å²) >= 11 is 0. The topological polar surface area (TPSA) is 39.7 Å². The highest BCUT2D eigenvalue weighted by Gasteiger charge is 2.34. The first kappa shape index (κ1) is 20.5. The van der Waals surface area contributed by atoms with Crippen molar-refractivity contribution in [1.29, 1.82) is 0 Å². The fourth-order valence-electron chi connectivity index (χ4n) is 3.57. The van der Waals surface area contributed by atoms with Crippen LogP contribution in [0.2, 0.25) is 0 Å². The molecule has 2 unspecified atom stereocenters. The molecule has 1 saturated carbocycles. The molecule has 0 amide bonds. The average Bonchev–Trinajstić information content (AvgIpc) is 3.36. The molecule has 1 aromatic rings. The quantitative estimate of drug-likeness (QED) is 0.376. The van der Waals surface area contributed by atoms with E-state index in [2.05, 4.69) is 57.8 Å². The average molecular weight is 456 g/mol. The lowest BCUT2D eigenvalue weighted by atomic mass is 10.1. The van der Waals surface area contributed by atoms with Gasteiger partial charge in [-0.3, -0.25) is 4.99 Å². The van der Waals surface area contributed by atoms with Gasteiger partial charge in [0.15, 0.2) is 5.96 Å². The molecule has 2 atom stereocenters. The van der Waals surface area contributed by atoms with Gasteiger partial charge < -0.3 is 15.5 Å². The maximum atomic E-state index is 4.39. The second-order valence-corrected chi connectivity index (χ2v) is 7.40. The molecule has 1 aliphatic heterocycles. The molecule has 3 rings (SSSR count). The molecule has 25 heavy (non-hydrogen) atoms. The molecule has 1 aromatic carbocycles. The summed E-state index contributed by atoms with van der Waals surface area (Å²) in [7, 11) is 1.87. The van der Waals surface area contributed by atoms with Crippen LogP contribution in [0, 0.1) is 5.92 Å². The Morgan fingerprint density at radius 1 is 1.24 bits per heavy atom. The largest absolute Gasteiger partial charge is 0.356 e. The Hall–Kier alpha value is -0.820. The van der Waals surface area contributed by atoms with E-state index in [1.54, 1.807) is 0 Å². The molecular formula is C20H33IN4. The molecule has 0 spiro atoms. The summed E-state index contributed by atoms with van der Waals surface area (Å²) in [5, 5.41) is 7.07. The summed E-state index contributed by atoms with van der Waals surface area (Å²) in [6.07, 6.45) is 6.38. The van der Waals surface area contributed by atoms with Crippen molar-refractivity contribution >= 4 is 29.9 Å². The predicted octanol–water partition coefficient (Wildman–Crippen LogP) is 3.28. The molecule has 1 heterocycles. The number of halogens is 1. The van der Waals surface area contributed by atoms with Crippen molar-refractivity contribution in [3.05, 3.63) is 35.9 Å². The molecule has 1 aliphatic carbocycles. The zero-order valence-corrected chi connectivity index (χ0v) is 17.9. The number of benzene rings is 1. The smallest absolute Gasteiger partial charge is 0.191 e. The van der Waals surface area contributed by atoms with E-state index in [0.29, 0.717) is 6.04 Å². The van der Waals surface area contributed by atoms with Gasteiger partial charge in [-0.1, -0.05) is 30.3 Å². The minimum Gasteiger partial charge on any atom is -0.356 e. The Bertz CT molecular complexity index is 530. The number of nitrogens with one attached hydrogen (secondary N) is 2. The molecule has 4 nitrogen and oxygen atoms in total. The second kappa shape index (κ2) is 10.4. The van der Waals surface area contributed by atoms with Crippen LogP contribution in [0.4, 0.5) is 0 Å². The number of hydrogen-bond acceptors (Lipinski definition) is 2. The molecule has 140 valence electrons. The summed E-state index contributed by atoms with van der Waals surface area (Å²) in [6, 6.07) is 12.0. The highest BCUT2D eigenvalue weighted by molar-refractivity contribution is 14.0. The summed E-state index contributed by atoms with van der Waals surface area (Å²) in [6.45, 7) is 5.82. The lowest BCUT2D eigenvalue weighted by molar-refractivity contribution is 0.314. The molecule has 2 aliphatic rings. The van der Waals surface area contributed by atoms with E-state index in [1.165, 1.54) is 37.9 Å². The van der Waals surface area contributed by atoms with Crippen LogP contribution < -0.4 is 10.6 Å². The van der Waals surface area contributed by atoms with Crippen molar-refractivity contribution in [2.75, 3.05) is 26.7 Å². The monoisotopic (exact) mass is 456 g/mol. The number of aliphatic imine (C=N–C) groups is 1. The van der Waals surface area contributed by atoms with Gasteiger partial charge in [0.2, 0.25) is 0 Å². The van der Waals surface area contributed by atoms with Crippen LogP contribution in [0.3, 0.4) is 0 Å². The fraction of sp³-hybridized carbons (Fsp3) is 0.650. The van der Waals surface area contributed by atoms with E-state index >= 15 is 0 Å². The third-order valence-electron chi connectivity index (χ3n) is 5.25. The first-order valence-electron chi connectivity index (χ1n) is 9.49. The first-order valence-corrected chi connectivity index (χ1v) is 9.49. The summed E-state index contributed by atoms with van der Waals surface area (Å²) in [5.41, 5.74) is 1.40. The summed E-state index contributed by atoms with van der Waals surface area (Å²) in [5.74, 6) is 1.71. The van der Waals surface area contributed by atoms with Gasteiger partial charge in [0.1, 0.15) is 0 Å². The number of likely N-dealkylation sites (tertiary alicyclic amines) is 1. The summed E-state index contributed by atoms with van der Waals surface area (Å²) in [4.78, 5) is 7.06. The maximum Gasteiger partial charge on any atom is 0.191 e. The van der Waals surface area contributed by atoms with Gasteiger partial charge >= 0.3 is 0 Å². The zero-order valence-electron chi connectivity index (χ0n) is 15.6. The van der Waals surface area contributed by atoms with Crippen molar-refractivity contribution < 1.29 is 0 Å². The van der Waals surface area contributed by atoms with Crippen LogP contribution >= 0.6 is 24.0 Å². The van der Waals surface area contributed by atoms with E-state index in [1.807, 2.05) is 7.05 Å². The zero-order chi connectivity index (χ0) is 16.8. The number of nitrogens with zero attached hydrogens (tertiary/aromatic N) is 2. The predicted molar refractivity (Wildman–Crippen MR) is 117 cm³/mol. The molecule has 2 fully saturated rings.